The zero-order valence-electron chi connectivity index (χ0n) is 14.4. The predicted molar refractivity (Wildman–Crippen MR) is 103 cm³/mol. The Morgan fingerprint density at radius 1 is 1.23 bits per heavy atom. The topological polar surface area (TPSA) is 111 Å². The molecule has 0 radical (unpaired) electrons. The van der Waals surface area contributed by atoms with E-state index in [1.807, 2.05) is 4.90 Å². The third kappa shape index (κ3) is 3.72. The molecule has 0 aliphatic carbocycles. The van der Waals surface area contributed by atoms with Crippen LogP contribution in [0.15, 0.2) is 18.2 Å². The van der Waals surface area contributed by atoms with E-state index in [9.17, 15) is 5.11 Å². The molecule has 1 aromatic heterocycles. The summed E-state index contributed by atoms with van der Waals surface area (Å²) in [5.74, 6) is 0.862. The second-order valence-electron chi connectivity index (χ2n) is 6.33. The van der Waals surface area contributed by atoms with Gasteiger partial charge in [-0.25, -0.2) is 4.98 Å². The molecule has 140 valence electrons. The molecule has 3 rings (SSSR count). The smallest absolute Gasteiger partial charge is 0.242 e. The van der Waals surface area contributed by atoms with Crippen LogP contribution in [0.3, 0.4) is 0 Å². The average Bonchev–Trinajstić information content (AvgIpc) is 2.63. The van der Waals surface area contributed by atoms with E-state index in [1.54, 1.807) is 18.2 Å². The first-order valence-electron chi connectivity index (χ1n) is 8.19. The molecule has 9 heteroatoms. The number of hydrogen-bond donors (Lipinski definition) is 3. The lowest BCUT2D eigenvalue weighted by Crippen LogP contribution is -2.57. The van der Waals surface area contributed by atoms with Crippen molar-refractivity contribution < 1.29 is 9.84 Å². The fourth-order valence-corrected chi connectivity index (χ4v) is 3.34. The van der Waals surface area contributed by atoms with E-state index in [2.05, 4.69) is 9.97 Å². The lowest BCUT2D eigenvalue weighted by molar-refractivity contribution is 0.274. The van der Waals surface area contributed by atoms with Crippen molar-refractivity contribution in [3.8, 4) is 17.1 Å². The molecule has 1 saturated heterocycles. The van der Waals surface area contributed by atoms with Crippen LogP contribution in [0.25, 0.3) is 11.3 Å². The van der Waals surface area contributed by atoms with Gasteiger partial charge in [-0.15, -0.1) is 0 Å². The summed E-state index contributed by atoms with van der Waals surface area (Å²) in [4.78, 5) is 11.1. The summed E-state index contributed by atoms with van der Waals surface area (Å²) >= 11 is 12.4. The third-order valence-electron chi connectivity index (χ3n) is 4.46. The van der Waals surface area contributed by atoms with Crippen molar-refractivity contribution >= 4 is 29.0 Å². The molecule has 1 aliphatic heterocycles. The normalized spacial score (nSPS) is 16.6. The van der Waals surface area contributed by atoms with Crippen LogP contribution in [0.5, 0.6) is 5.88 Å². The molecule has 2 aromatic rings. The molecule has 2 heterocycles. The van der Waals surface area contributed by atoms with Crippen molar-refractivity contribution in [2.75, 3.05) is 25.1 Å². The van der Waals surface area contributed by atoms with Gasteiger partial charge in [0, 0.05) is 18.7 Å². The maximum atomic E-state index is 9.83. The van der Waals surface area contributed by atoms with E-state index in [4.69, 9.17) is 39.4 Å². The first-order valence-corrected chi connectivity index (χ1v) is 8.95. The van der Waals surface area contributed by atoms with Crippen molar-refractivity contribution in [2.45, 2.75) is 25.1 Å². The summed E-state index contributed by atoms with van der Waals surface area (Å²) in [7, 11) is 1.51. The number of benzene rings is 1. The van der Waals surface area contributed by atoms with Gasteiger partial charge in [0.25, 0.3) is 0 Å². The number of aliphatic hydroxyl groups is 1. The minimum Gasteiger partial charge on any atom is -0.479 e. The number of halogens is 2. The summed E-state index contributed by atoms with van der Waals surface area (Å²) in [6.45, 7) is 0.967. The molecule has 0 amide bonds. The van der Waals surface area contributed by atoms with Crippen LogP contribution in [-0.2, 0) is 6.61 Å². The van der Waals surface area contributed by atoms with E-state index in [-0.39, 0.29) is 6.61 Å². The van der Waals surface area contributed by atoms with Gasteiger partial charge in [0.15, 0.2) is 5.82 Å². The largest absolute Gasteiger partial charge is 0.479 e. The molecular formula is C17H21Cl2N5O2. The molecule has 0 spiro atoms. The number of nitrogens with zero attached hydrogens (tertiary/aromatic N) is 3. The third-order valence-corrected chi connectivity index (χ3v) is 5.28. The SMILES string of the molecule is COc1nc(N2CCC(N)(N)CC2)c(CO)nc1-c1cccc(Cl)c1Cl. The quantitative estimate of drug-likeness (QED) is 0.677. The minimum atomic E-state index is -0.679. The molecule has 7 nitrogen and oxygen atoms in total. The lowest BCUT2D eigenvalue weighted by atomic mass is 9.99. The highest BCUT2D eigenvalue weighted by molar-refractivity contribution is 6.43. The molecule has 5 N–H and O–H groups in total. The molecule has 26 heavy (non-hydrogen) atoms. The van der Waals surface area contributed by atoms with Crippen molar-refractivity contribution in [1.29, 1.82) is 0 Å². The van der Waals surface area contributed by atoms with Crippen LogP contribution >= 0.6 is 23.2 Å². The average molecular weight is 398 g/mol. The Balaban J connectivity index is 2.05. The van der Waals surface area contributed by atoms with Gasteiger partial charge in [-0.05, 0) is 18.9 Å². The number of piperidine rings is 1. The van der Waals surface area contributed by atoms with Gasteiger partial charge in [-0.3, -0.25) is 0 Å². The molecule has 0 saturated carbocycles. The number of nitrogens with two attached hydrogens (primary N) is 2. The van der Waals surface area contributed by atoms with Crippen LogP contribution in [0.2, 0.25) is 10.0 Å². The van der Waals surface area contributed by atoms with Gasteiger partial charge < -0.3 is 26.2 Å². The second kappa shape index (κ2) is 7.54. The second-order valence-corrected chi connectivity index (χ2v) is 7.12. The van der Waals surface area contributed by atoms with Gasteiger partial charge in [0.1, 0.15) is 11.4 Å². The van der Waals surface area contributed by atoms with Crippen molar-refractivity contribution in [2.24, 2.45) is 11.5 Å². The van der Waals surface area contributed by atoms with Crippen molar-refractivity contribution in [3.05, 3.63) is 33.9 Å². The molecule has 1 aromatic carbocycles. The number of ether oxygens (including phenoxy) is 1. The molecule has 0 bridgehead atoms. The van der Waals surface area contributed by atoms with Gasteiger partial charge in [0.2, 0.25) is 5.88 Å². The Bertz CT molecular complexity index is 806. The Morgan fingerprint density at radius 2 is 1.92 bits per heavy atom. The zero-order valence-corrected chi connectivity index (χ0v) is 15.9. The van der Waals surface area contributed by atoms with E-state index in [0.717, 1.165) is 0 Å². The molecule has 1 aliphatic rings. The van der Waals surface area contributed by atoms with Crippen LogP contribution in [0.1, 0.15) is 18.5 Å². The number of methoxy groups -OCH3 is 1. The minimum absolute atomic E-state index is 0.273. The highest BCUT2D eigenvalue weighted by atomic mass is 35.5. The standard InChI is InChI=1S/C17H21Cl2N5O2/c1-26-16-14(10-3-2-4-11(18)13(10)19)22-12(9-25)15(23-16)24-7-5-17(20,21)6-8-24/h2-4,25H,5-9,20-21H2,1H3. The van der Waals surface area contributed by atoms with Crippen LogP contribution in [0.4, 0.5) is 5.82 Å². The van der Waals surface area contributed by atoms with Gasteiger partial charge in [0.05, 0.1) is 29.4 Å². The number of anilines is 1. The number of aliphatic hydroxyl groups excluding tert-OH is 1. The first kappa shape index (κ1) is 19.1. The van der Waals surface area contributed by atoms with Crippen LogP contribution in [-0.4, -0.2) is 40.9 Å². The Hall–Kier alpha value is -1.64. The van der Waals surface area contributed by atoms with Crippen LogP contribution in [0, 0.1) is 0 Å². The fraction of sp³-hybridized carbons (Fsp3) is 0.412. The highest BCUT2D eigenvalue weighted by Gasteiger charge is 2.29. The Morgan fingerprint density at radius 3 is 2.54 bits per heavy atom. The number of rotatable bonds is 4. The van der Waals surface area contributed by atoms with Gasteiger partial charge >= 0.3 is 0 Å². The van der Waals surface area contributed by atoms with Gasteiger partial charge in [-0.1, -0.05) is 35.3 Å². The summed E-state index contributed by atoms with van der Waals surface area (Å²) in [5, 5.41) is 10.6. The molecular weight excluding hydrogens is 377 g/mol. The highest BCUT2D eigenvalue weighted by Crippen LogP contribution is 2.38. The van der Waals surface area contributed by atoms with Crippen molar-refractivity contribution in [1.82, 2.24) is 9.97 Å². The van der Waals surface area contributed by atoms with E-state index < -0.39 is 5.66 Å². The fourth-order valence-electron chi connectivity index (χ4n) is 2.95. The first-order chi connectivity index (χ1) is 12.4. The molecule has 1 fully saturated rings. The van der Waals surface area contributed by atoms with Crippen molar-refractivity contribution in [3.63, 3.8) is 0 Å². The summed E-state index contributed by atoms with van der Waals surface area (Å²) in [6, 6.07) is 5.23. The van der Waals surface area contributed by atoms with Crippen LogP contribution < -0.4 is 21.1 Å². The van der Waals surface area contributed by atoms with E-state index in [1.165, 1.54) is 7.11 Å². The Labute approximate surface area is 161 Å². The zero-order chi connectivity index (χ0) is 18.9. The predicted octanol–water partition coefficient (Wildman–Crippen LogP) is 2.17. The van der Waals surface area contributed by atoms with E-state index >= 15 is 0 Å². The number of aromatic nitrogens is 2. The molecule has 0 atom stereocenters. The maximum absolute atomic E-state index is 9.83. The van der Waals surface area contributed by atoms with E-state index in [0.29, 0.717) is 64.6 Å². The summed E-state index contributed by atoms with van der Waals surface area (Å²) in [5.41, 5.74) is 12.7. The summed E-state index contributed by atoms with van der Waals surface area (Å²) < 4.78 is 5.43. The lowest BCUT2D eigenvalue weighted by Gasteiger charge is -2.37. The number of hydrogen-bond acceptors (Lipinski definition) is 7. The molecule has 0 unspecified atom stereocenters. The van der Waals surface area contributed by atoms with Gasteiger partial charge in [-0.2, -0.15) is 4.98 Å². The monoisotopic (exact) mass is 397 g/mol. The maximum Gasteiger partial charge on any atom is 0.242 e. The summed E-state index contributed by atoms with van der Waals surface area (Å²) in [6.07, 6.45) is 1.23. The Kier molecular flexibility index (Phi) is 5.55.